The van der Waals surface area contributed by atoms with Crippen molar-refractivity contribution in [2.45, 2.75) is 63.8 Å². The third kappa shape index (κ3) is 3.38. The number of hydrogen-bond acceptors (Lipinski definition) is 2. The van der Waals surface area contributed by atoms with Crippen LogP contribution in [0.25, 0.3) is 0 Å². The van der Waals surface area contributed by atoms with Crippen LogP contribution < -0.4 is 5.32 Å². The molecule has 0 radical (unpaired) electrons. The van der Waals surface area contributed by atoms with Crippen molar-refractivity contribution in [1.82, 2.24) is 15.1 Å². The summed E-state index contributed by atoms with van der Waals surface area (Å²) in [6, 6.07) is 3.01. The molecule has 3 nitrogen and oxygen atoms in total. The lowest BCUT2D eigenvalue weighted by molar-refractivity contribution is 0.165. The number of aryl methyl sites for hydroxylation is 2. The molecule has 1 N–H and O–H groups in total. The van der Waals surface area contributed by atoms with Crippen LogP contribution in [0.3, 0.4) is 0 Å². The molecular weight excluding hydrogens is 234 g/mol. The standard InChI is InChI=1S/C16H27N3/c1-19-15(8-12-18-19)7-11-16(9-3-2-4-10-16)13-17-14-5-6-14/h8,12,14,17H,2-7,9-11,13H2,1H3. The van der Waals surface area contributed by atoms with Crippen molar-refractivity contribution in [3.05, 3.63) is 18.0 Å². The van der Waals surface area contributed by atoms with E-state index in [4.69, 9.17) is 0 Å². The highest BCUT2D eigenvalue weighted by Gasteiger charge is 2.33. The molecule has 106 valence electrons. The first-order valence-electron chi connectivity index (χ1n) is 7.98. The van der Waals surface area contributed by atoms with Crippen LogP contribution >= 0.6 is 0 Å². The van der Waals surface area contributed by atoms with E-state index in [-0.39, 0.29) is 0 Å². The Hall–Kier alpha value is -0.830. The number of nitrogens with one attached hydrogen (secondary N) is 1. The van der Waals surface area contributed by atoms with Gasteiger partial charge in [0, 0.05) is 31.5 Å². The van der Waals surface area contributed by atoms with E-state index in [1.165, 1.54) is 70.0 Å². The number of nitrogens with zero attached hydrogens (tertiary/aromatic N) is 2. The molecule has 0 amide bonds. The average molecular weight is 261 g/mol. The third-order valence-electron chi connectivity index (χ3n) is 5.09. The summed E-state index contributed by atoms with van der Waals surface area (Å²) in [5.74, 6) is 0. The van der Waals surface area contributed by atoms with E-state index in [0.29, 0.717) is 5.41 Å². The molecule has 3 rings (SSSR count). The van der Waals surface area contributed by atoms with Crippen LogP contribution in [0.5, 0.6) is 0 Å². The van der Waals surface area contributed by atoms with E-state index in [9.17, 15) is 0 Å². The second-order valence-electron chi connectivity index (χ2n) is 6.66. The molecule has 0 atom stereocenters. The average Bonchev–Trinajstić information content (AvgIpc) is 3.18. The molecule has 0 saturated heterocycles. The topological polar surface area (TPSA) is 29.9 Å². The summed E-state index contributed by atoms with van der Waals surface area (Å²) in [4.78, 5) is 0. The smallest absolute Gasteiger partial charge is 0.0492 e. The Morgan fingerprint density at radius 3 is 2.74 bits per heavy atom. The molecule has 1 aromatic heterocycles. The maximum Gasteiger partial charge on any atom is 0.0492 e. The SMILES string of the molecule is Cn1nccc1CCC1(CNC2CC2)CCCCC1. The summed E-state index contributed by atoms with van der Waals surface area (Å²) in [6.45, 7) is 1.25. The Labute approximate surface area is 116 Å². The van der Waals surface area contributed by atoms with Crippen molar-refractivity contribution >= 4 is 0 Å². The molecule has 1 aromatic rings. The van der Waals surface area contributed by atoms with Gasteiger partial charge in [0.1, 0.15) is 0 Å². The molecule has 0 unspecified atom stereocenters. The van der Waals surface area contributed by atoms with Crippen molar-refractivity contribution < 1.29 is 0 Å². The molecule has 1 heterocycles. The molecule has 3 heteroatoms. The Bertz CT molecular complexity index is 400. The minimum atomic E-state index is 0.561. The molecule has 2 aliphatic carbocycles. The van der Waals surface area contributed by atoms with E-state index in [1.807, 2.05) is 10.9 Å². The Balaban J connectivity index is 1.59. The zero-order valence-corrected chi connectivity index (χ0v) is 12.2. The molecule has 2 saturated carbocycles. The van der Waals surface area contributed by atoms with Crippen LogP contribution in [0.2, 0.25) is 0 Å². The van der Waals surface area contributed by atoms with Gasteiger partial charge in [0.05, 0.1) is 0 Å². The predicted octanol–water partition coefficient (Wildman–Crippen LogP) is 3.06. The first-order chi connectivity index (χ1) is 9.27. The van der Waals surface area contributed by atoms with Gasteiger partial charge >= 0.3 is 0 Å². The zero-order valence-electron chi connectivity index (χ0n) is 12.2. The number of hydrogen-bond donors (Lipinski definition) is 1. The first-order valence-corrected chi connectivity index (χ1v) is 7.98. The van der Waals surface area contributed by atoms with Crippen molar-refractivity contribution in [3.8, 4) is 0 Å². The number of rotatable bonds is 6. The number of aromatic nitrogens is 2. The normalized spacial score (nSPS) is 22.6. The zero-order chi connectivity index (χ0) is 13.1. The quantitative estimate of drug-likeness (QED) is 0.853. The second-order valence-corrected chi connectivity index (χ2v) is 6.66. The van der Waals surface area contributed by atoms with E-state index < -0.39 is 0 Å². The maximum atomic E-state index is 4.29. The molecule has 19 heavy (non-hydrogen) atoms. The summed E-state index contributed by atoms with van der Waals surface area (Å²) >= 11 is 0. The summed E-state index contributed by atoms with van der Waals surface area (Å²) in [5, 5.41) is 8.08. The summed E-state index contributed by atoms with van der Waals surface area (Å²) in [7, 11) is 2.06. The Kier molecular flexibility index (Phi) is 3.92. The van der Waals surface area contributed by atoms with Gasteiger partial charge in [-0.1, -0.05) is 19.3 Å². The maximum absolute atomic E-state index is 4.29. The molecular formula is C16H27N3. The summed E-state index contributed by atoms with van der Waals surface area (Å²) < 4.78 is 2.03. The van der Waals surface area contributed by atoms with Crippen LogP contribution in [0.1, 0.15) is 57.1 Å². The second kappa shape index (κ2) is 5.66. The predicted molar refractivity (Wildman–Crippen MR) is 78.1 cm³/mol. The van der Waals surface area contributed by atoms with Crippen molar-refractivity contribution in [1.29, 1.82) is 0 Å². The van der Waals surface area contributed by atoms with Gasteiger partial charge < -0.3 is 5.32 Å². The Morgan fingerprint density at radius 1 is 1.32 bits per heavy atom. The fourth-order valence-corrected chi connectivity index (χ4v) is 3.51. The molecule has 0 bridgehead atoms. The molecule has 2 aliphatic rings. The summed E-state index contributed by atoms with van der Waals surface area (Å²) in [6.07, 6.45) is 14.4. The highest BCUT2D eigenvalue weighted by atomic mass is 15.2. The summed E-state index contributed by atoms with van der Waals surface area (Å²) in [5.41, 5.74) is 1.95. The minimum absolute atomic E-state index is 0.561. The lowest BCUT2D eigenvalue weighted by Gasteiger charge is -2.38. The molecule has 0 spiro atoms. The first kappa shape index (κ1) is 13.2. The Morgan fingerprint density at radius 2 is 2.11 bits per heavy atom. The van der Waals surface area contributed by atoms with Crippen molar-refractivity contribution in [2.24, 2.45) is 12.5 Å². The van der Waals surface area contributed by atoms with E-state index in [1.54, 1.807) is 0 Å². The van der Waals surface area contributed by atoms with Gasteiger partial charge in [0.15, 0.2) is 0 Å². The van der Waals surface area contributed by atoms with Crippen LogP contribution in [-0.4, -0.2) is 22.4 Å². The fraction of sp³-hybridized carbons (Fsp3) is 0.812. The van der Waals surface area contributed by atoms with Crippen LogP contribution in [0.4, 0.5) is 0 Å². The lowest BCUT2D eigenvalue weighted by atomic mass is 9.71. The van der Waals surface area contributed by atoms with Gasteiger partial charge in [-0.2, -0.15) is 5.10 Å². The fourth-order valence-electron chi connectivity index (χ4n) is 3.51. The largest absolute Gasteiger partial charge is 0.313 e. The highest BCUT2D eigenvalue weighted by molar-refractivity contribution is 5.02. The van der Waals surface area contributed by atoms with Gasteiger partial charge in [-0.05, 0) is 50.0 Å². The van der Waals surface area contributed by atoms with E-state index in [2.05, 4.69) is 23.5 Å². The van der Waals surface area contributed by atoms with Crippen LogP contribution in [0, 0.1) is 5.41 Å². The van der Waals surface area contributed by atoms with E-state index >= 15 is 0 Å². The van der Waals surface area contributed by atoms with Gasteiger partial charge in [-0.25, -0.2) is 0 Å². The highest BCUT2D eigenvalue weighted by Crippen LogP contribution is 2.40. The molecule has 0 aliphatic heterocycles. The van der Waals surface area contributed by atoms with Gasteiger partial charge in [0.2, 0.25) is 0 Å². The van der Waals surface area contributed by atoms with Gasteiger partial charge in [-0.15, -0.1) is 0 Å². The van der Waals surface area contributed by atoms with Crippen LogP contribution in [0.15, 0.2) is 12.3 Å². The van der Waals surface area contributed by atoms with Crippen LogP contribution in [-0.2, 0) is 13.5 Å². The van der Waals surface area contributed by atoms with Crippen molar-refractivity contribution in [2.75, 3.05) is 6.54 Å². The molecule has 2 fully saturated rings. The molecule has 0 aromatic carbocycles. The van der Waals surface area contributed by atoms with Gasteiger partial charge in [0.25, 0.3) is 0 Å². The lowest BCUT2D eigenvalue weighted by Crippen LogP contribution is -2.37. The van der Waals surface area contributed by atoms with Gasteiger partial charge in [-0.3, -0.25) is 4.68 Å². The monoisotopic (exact) mass is 261 g/mol. The van der Waals surface area contributed by atoms with E-state index in [0.717, 1.165) is 6.04 Å². The minimum Gasteiger partial charge on any atom is -0.313 e. The third-order valence-corrected chi connectivity index (χ3v) is 5.09. The van der Waals surface area contributed by atoms with Crippen molar-refractivity contribution in [3.63, 3.8) is 0 Å².